The number of ether oxygens (including phenoxy) is 2. The normalized spacial score (nSPS) is 10.5. The molecule has 0 aliphatic rings. The lowest BCUT2D eigenvalue weighted by molar-refractivity contribution is 0.102. The van der Waals surface area contributed by atoms with Crippen LogP contribution in [0.1, 0.15) is 10.4 Å². The van der Waals surface area contributed by atoms with E-state index in [1.165, 1.54) is 6.20 Å². The first-order valence-electron chi connectivity index (χ1n) is 9.53. The molecule has 6 nitrogen and oxygen atoms in total. The molecule has 0 fully saturated rings. The van der Waals surface area contributed by atoms with Crippen molar-refractivity contribution < 1.29 is 23.0 Å². The summed E-state index contributed by atoms with van der Waals surface area (Å²) in [7, 11) is 1.54. The van der Waals surface area contributed by atoms with Gasteiger partial charge in [-0.1, -0.05) is 24.3 Å². The molecule has 1 N–H and O–H groups in total. The molecule has 4 aromatic rings. The number of halogens is 2. The minimum atomic E-state index is -0.783. The van der Waals surface area contributed by atoms with Crippen molar-refractivity contribution in [2.45, 2.75) is 0 Å². The van der Waals surface area contributed by atoms with Crippen LogP contribution >= 0.6 is 0 Å². The maximum absolute atomic E-state index is 13.4. The van der Waals surface area contributed by atoms with Gasteiger partial charge in [-0.2, -0.15) is 4.98 Å². The summed E-state index contributed by atoms with van der Waals surface area (Å²) in [6, 6.07) is 18.1. The van der Waals surface area contributed by atoms with Gasteiger partial charge >= 0.3 is 0 Å². The first-order chi connectivity index (χ1) is 15.5. The number of carbonyl (C=O) groups is 1. The van der Waals surface area contributed by atoms with Gasteiger partial charge in [-0.25, -0.2) is 13.8 Å². The summed E-state index contributed by atoms with van der Waals surface area (Å²) in [5.74, 6) is -0.412. The summed E-state index contributed by atoms with van der Waals surface area (Å²) in [5, 5.41) is 2.48. The van der Waals surface area contributed by atoms with Crippen LogP contribution < -0.4 is 14.8 Å². The molecule has 0 unspecified atom stereocenters. The molecule has 160 valence electrons. The highest BCUT2D eigenvalue weighted by Crippen LogP contribution is 2.30. The first-order valence-corrected chi connectivity index (χ1v) is 9.53. The van der Waals surface area contributed by atoms with Crippen LogP contribution in [0.2, 0.25) is 0 Å². The number of nitrogens with one attached hydrogen (secondary N) is 1. The van der Waals surface area contributed by atoms with Crippen molar-refractivity contribution in [3.8, 4) is 28.8 Å². The third-order valence-electron chi connectivity index (χ3n) is 4.42. The van der Waals surface area contributed by atoms with Gasteiger partial charge in [-0.05, 0) is 36.4 Å². The Labute approximate surface area is 182 Å². The molecule has 0 saturated heterocycles. The van der Waals surface area contributed by atoms with E-state index in [4.69, 9.17) is 9.47 Å². The zero-order valence-electron chi connectivity index (χ0n) is 16.9. The molecule has 0 saturated carbocycles. The Morgan fingerprint density at radius 1 is 0.906 bits per heavy atom. The van der Waals surface area contributed by atoms with Crippen LogP contribution in [0.3, 0.4) is 0 Å². The van der Waals surface area contributed by atoms with Gasteiger partial charge in [0.1, 0.15) is 11.6 Å². The fraction of sp³-hybridized carbons (Fsp3) is 0.0417. The molecule has 0 atom stereocenters. The van der Waals surface area contributed by atoms with Gasteiger partial charge in [-0.15, -0.1) is 0 Å². The number of aromatic nitrogens is 2. The lowest BCUT2D eigenvalue weighted by atomic mass is 10.1. The van der Waals surface area contributed by atoms with E-state index < -0.39 is 17.5 Å². The van der Waals surface area contributed by atoms with E-state index >= 15 is 0 Å². The highest BCUT2D eigenvalue weighted by atomic mass is 19.1. The Balaban J connectivity index is 1.56. The Morgan fingerprint density at radius 3 is 2.41 bits per heavy atom. The van der Waals surface area contributed by atoms with Crippen LogP contribution in [0.25, 0.3) is 11.4 Å². The molecule has 0 aliphatic heterocycles. The minimum Gasteiger partial charge on any atom is -0.493 e. The Hall–Kier alpha value is -4.33. The second-order valence-electron chi connectivity index (χ2n) is 6.66. The molecule has 0 bridgehead atoms. The average Bonchev–Trinajstić information content (AvgIpc) is 2.79. The third-order valence-corrected chi connectivity index (χ3v) is 4.42. The fourth-order valence-electron chi connectivity index (χ4n) is 2.98. The Bertz CT molecular complexity index is 1260. The molecular weight excluding hydrogens is 416 g/mol. The van der Waals surface area contributed by atoms with Crippen LogP contribution in [0.5, 0.6) is 17.4 Å². The monoisotopic (exact) mass is 433 g/mol. The van der Waals surface area contributed by atoms with Crippen LogP contribution in [0, 0.1) is 11.6 Å². The van der Waals surface area contributed by atoms with Gasteiger partial charge in [0.05, 0.1) is 7.11 Å². The molecule has 3 aromatic carbocycles. The second kappa shape index (κ2) is 9.22. The number of hydrogen-bond acceptors (Lipinski definition) is 5. The number of anilines is 1. The number of methoxy groups -OCH3 is 1. The topological polar surface area (TPSA) is 73.3 Å². The molecule has 0 radical (unpaired) electrons. The summed E-state index contributed by atoms with van der Waals surface area (Å²) in [5.41, 5.74) is 0.849. The van der Waals surface area contributed by atoms with Gasteiger partial charge in [0.25, 0.3) is 5.91 Å². The molecule has 1 aromatic heterocycles. The summed E-state index contributed by atoms with van der Waals surface area (Å²) in [6.07, 6.45) is 1.54. The molecule has 8 heteroatoms. The molecular formula is C24H17F2N3O3. The van der Waals surface area contributed by atoms with Crippen molar-refractivity contribution in [3.63, 3.8) is 0 Å². The van der Waals surface area contributed by atoms with E-state index in [9.17, 15) is 13.6 Å². The van der Waals surface area contributed by atoms with Gasteiger partial charge in [0.2, 0.25) is 5.88 Å². The van der Waals surface area contributed by atoms with E-state index in [2.05, 4.69) is 15.3 Å². The quantitative estimate of drug-likeness (QED) is 0.436. The first kappa shape index (κ1) is 20.9. The van der Waals surface area contributed by atoms with Gasteiger partial charge < -0.3 is 14.8 Å². The molecule has 4 rings (SSSR count). The van der Waals surface area contributed by atoms with E-state index in [0.717, 1.165) is 18.2 Å². The highest BCUT2D eigenvalue weighted by Gasteiger charge is 2.12. The molecule has 0 aliphatic carbocycles. The maximum atomic E-state index is 13.4. The number of amides is 1. The number of hydrogen-bond donors (Lipinski definition) is 1. The van der Waals surface area contributed by atoms with Gasteiger partial charge in [-0.3, -0.25) is 4.79 Å². The highest BCUT2D eigenvalue weighted by molar-refractivity contribution is 6.04. The van der Waals surface area contributed by atoms with Crippen LogP contribution in [-0.2, 0) is 0 Å². The van der Waals surface area contributed by atoms with Crippen molar-refractivity contribution >= 4 is 11.6 Å². The van der Waals surface area contributed by atoms with Crippen molar-refractivity contribution in [1.29, 1.82) is 0 Å². The molecule has 1 amide bonds. The van der Waals surface area contributed by atoms with Crippen molar-refractivity contribution in [3.05, 3.63) is 96.2 Å². The van der Waals surface area contributed by atoms with Crippen LogP contribution in [0.4, 0.5) is 14.5 Å². The summed E-state index contributed by atoms with van der Waals surface area (Å²) in [6.45, 7) is 0. The number of carbonyl (C=O) groups excluding carboxylic acids is 1. The predicted molar refractivity (Wildman–Crippen MR) is 115 cm³/mol. The molecule has 1 heterocycles. The van der Waals surface area contributed by atoms with Crippen LogP contribution in [-0.4, -0.2) is 23.0 Å². The van der Waals surface area contributed by atoms with Gasteiger partial charge in [0.15, 0.2) is 17.3 Å². The predicted octanol–water partition coefficient (Wildman–Crippen LogP) is 5.48. The lowest BCUT2D eigenvalue weighted by Gasteiger charge is -2.10. The van der Waals surface area contributed by atoms with Gasteiger partial charge in [0, 0.05) is 35.1 Å². The molecule has 0 spiro atoms. The second-order valence-corrected chi connectivity index (χ2v) is 6.66. The number of para-hydroxylation sites is 2. The van der Waals surface area contributed by atoms with E-state index in [-0.39, 0.29) is 11.3 Å². The summed E-state index contributed by atoms with van der Waals surface area (Å²) >= 11 is 0. The third kappa shape index (κ3) is 4.86. The Morgan fingerprint density at radius 2 is 1.66 bits per heavy atom. The van der Waals surface area contributed by atoms with Crippen molar-refractivity contribution in [1.82, 2.24) is 9.97 Å². The van der Waals surface area contributed by atoms with E-state index in [1.807, 2.05) is 12.1 Å². The number of rotatable bonds is 6. The zero-order valence-corrected chi connectivity index (χ0v) is 16.9. The smallest absolute Gasteiger partial charge is 0.255 e. The largest absolute Gasteiger partial charge is 0.493 e. The summed E-state index contributed by atoms with van der Waals surface area (Å²) in [4.78, 5) is 21.2. The van der Waals surface area contributed by atoms with Crippen molar-refractivity contribution in [2.24, 2.45) is 0 Å². The number of nitrogens with zero attached hydrogens (tertiary/aromatic N) is 2. The minimum absolute atomic E-state index is 0.0151. The molecule has 32 heavy (non-hydrogen) atoms. The summed E-state index contributed by atoms with van der Waals surface area (Å²) < 4.78 is 37.9. The maximum Gasteiger partial charge on any atom is 0.255 e. The van der Waals surface area contributed by atoms with Crippen molar-refractivity contribution in [2.75, 3.05) is 12.4 Å². The fourth-order valence-corrected chi connectivity index (χ4v) is 2.98. The van der Waals surface area contributed by atoms with Crippen LogP contribution in [0.15, 0.2) is 79.0 Å². The SMILES string of the molecule is COc1ccccc1Oc1ccnc(-c2cccc(C(=O)Nc3cc(F)cc(F)c3)c2)n1. The lowest BCUT2D eigenvalue weighted by Crippen LogP contribution is -2.12. The number of benzene rings is 3. The van der Waals surface area contributed by atoms with E-state index in [0.29, 0.717) is 28.8 Å². The zero-order chi connectivity index (χ0) is 22.5. The van der Waals surface area contributed by atoms with E-state index in [1.54, 1.807) is 49.6 Å². The average molecular weight is 433 g/mol. The standard InChI is InChI=1S/C24H17F2N3O3/c1-31-20-7-2-3-8-21(20)32-22-9-10-27-23(29-22)15-5-4-6-16(11-15)24(30)28-19-13-17(25)12-18(26)14-19/h2-14H,1H3,(H,28,30). The Kier molecular flexibility index (Phi) is 6.03.